The van der Waals surface area contributed by atoms with Crippen LogP contribution in [-0.4, -0.2) is 22.1 Å². The van der Waals surface area contributed by atoms with Crippen LogP contribution >= 0.6 is 0 Å². The minimum atomic E-state index is -0.419. The molecule has 0 amide bonds. The number of esters is 1. The quantitative estimate of drug-likeness (QED) is 0.765. The first-order valence-electron chi connectivity index (χ1n) is 6.38. The van der Waals surface area contributed by atoms with Gasteiger partial charge in [0.1, 0.15) is 11.7 Å². The maximum absolute atomic E-state index is 12.3. The molecule has 0 bridgehead atoms. The summed E-state index contributed by atoms with van der Waals surface area (Å²) in [5.41, 5.74) is 0.558. The number of nitrogens with zero attached hydrogens (tertiary/aromatic N) is 2. The lowest BCUT2D eigenvalue weighted by Gasteiger charge is -2.10. The van der Waals surface area contributed by atoms with Crippen LogP contribution in [0.15, 0.2) is 29.1 Å². The zero-order valence-electron chi connectivity index (χ0n) is 10.6. The summed E-state index contributed by atoms with van der Waals surface area (Å²) in [6.45, 7) is 2.64. The molecule has 0 spiro atoms. The van der Waals surface area contributed by atoms with E-state index >= 15 is 0 Å². The number of hydrogen-bond acceptors (Lipinski definition) is 4. The number of para-hydroxylation sites is 1. The summed E-state index contributed by atoms with van der Waals surface area (Å²) in [4.78, 5) is 28.7. The van der Waals surface area contributed by atoms with Crippen molar-refractivity contribution in [3.05, 3.63) is 40.4 Å². The largest absolute Gasteiger partial charge is 0.465 e. The van der Waals surface area contributed by atoms with Crippen molar-refractivity contribution >= 4 is 16.9 Å². The van der Waals surface area contributed by atoms with Crippen LogP contribution in [0.3, 0.4) is 0 Å². The highest BCUT2D eigenvalue weighted by molar-refractivity contribution is 5.81. The van der Waals surface area contributed by atoms with E-state index in [0.29, 0.717) is 36.3 Å². The second-order valence-corrected chi connectivity index (χ2v) is 4.54. The second kappa shape index (κ2) is 4.50. The predicted octanol–water partition coefficient (Wildman–Crippen LogP) is 1.45. The van der Waals surface area contributed by atoms with Gasteiger partial charge in [0.05, 0.1) is 17.5 Å². The van der Waals surface area contributed by atoms with Crippen LogP contribution in [-0.2, 0) is 16.1 Å². The molecule has 1 aromatic heterocycles. The van der Waals surface area contributed by atoms with E-state index in [1.165, 1.54) is 0 Å². The fraction of sp³-hybridized carbons (Fsp3) is 0.357. The Balaban J connectivity index is 2.16. The summed E-state index contributed by atoms with van der Waals surface area (Å²) in [6.07, 6.45) is 0.581. The van der Waals surface area contributed by atoms with Gasteiger partial charge in [-0.2, -0.15) is 0 Å². The van der Waals surface area contributed by atoms with E-state index in [-0.39, 0.29) is 11.5 Å². The van der Waals surface area contributed by atoms with E-state index < -0.39 is 5.92 Å². The Morgan fingerprint density at radius 2 is 2.26 bits per heavy atom. The van der Waals surface area contributed by atoms with Crippen LogP contribution in [0, 0.1) is 0 Å². The first kappa shape index (κ1) is 11.9. The number of fused-ring (bicyclic) bond motifs is 2. The standard InChI is InChI=1S/C14H14N2O3/c1-2-19-14(18)10-7-8-16-12(10)15-11-6-4-3-5-9(11)13(16)17/h3-6,10H,2,7-8H2,1H3. The highest BCUT2D eigenvalue weighted by Crippen LogP contribution is 2.27. The molecule has 0 fully saturated rings. The Morgan fingerprint density at radius 1 is 1.47 bits per heavy atom. The predicted molar refractivity (Wildman–Crippen MR) is 70.0 cm³/mol. The van der Waals surface area contributed by atoms with Gasteiger partial charge in [0.15, 0.2) is 0 Å². The molecule has 1 aromatic carbocycles. The van der Waals surface area contributed by atoms with E-state index in [4.69, 9.17) is 4.74 Å². The van der Waals surface area contributed by atoms with Crippen LogP contribution in [0.5, 0.6) is 0 Å². The Kier molecular flexibility index (Phi) is 2.81. The molecule has 0 radical (unpaired) electrons. The van der Waals surface area contributed by atoms with Crippen molar-refractivity contribution in [3.63, 3.8) is 0 Å². The third-order valence-electron chi connectivity index (χ3n) is 3.42. The summed E-state index contributed by atoms with van der Waals surface area (Å²) in [5, 5.41) is 0.593. The molecule has 5 heteroatoms. The van der Waals surface area contributed by atoms with E-state index in [1.807, 2.05) is 12.1 Å². The molecular formula is C14H14N2O3. The Labute approximate surface area is 109 Å². The number of aromatic nitrogens is 2. The fourth-order valence-corrected chi connectivity index (χ4v) is 2.52. The highest BCUT2D eigenvalue weighted by Gasteiger charge is 2.32. The monoisotopic (exact) mass is 258 g/mol. The highest BCUT2D eigenvalue weighted by atomic mass is 16.5. The topological polar surface area (TPSA) is 61.2 Å². The van der Waals surface area contributed by atoms with Crippen molar-refractivity contribution in [2.45, 2.75) is 25.8 Å². The van der Waals surface area contributed by atoms with E-state index in [9.17, 15) is 9.59 Å². The third kappa shape index (κ3) is 1.82. The SMILES string of the molecule is CCOC(=O)C1CCn2c1nc1ccccc1c2=O. The summed E-state index contributed by atoms with van der Waals surface area (Å²) >= 11 is 0. The van der Waals surface area contributed by atoms with Gasteiger partial charge in [-0.15, -0.1) is 0 Å². The van der Waals surface area contributed by atoms with Crippen LogP contribution in [0.4, 0.5) is 0 Å². The van der Waals surface area contributed by atoms with Crippen molar-refractivity contribution in [3.8, 4) is 0 Å². The van der Waals surface area contributed by atoms with Gasteiger partial charge in [-0.3, -0.25) is 14.2 Å². The van der Waals surface area contributed by atoms with Gasteiger partial charge in [-0.05, 0) is 25.5 Å². The third-order valence-corrected chi connectivity index (χ3v) is 3.42. The molecule has 1 aliphatic heterocycles. The molecule has 3 rings (SSSR count). The average Bonchev–Trinajstić information content (AvgIpc) is 2.83. The van der Waals surface area contributed by atoms with Crippen LogP contribution in [0.1, 0.15) is 25.1 Å². The molecule has 98 valence electrons. The molecule has 1 aliphatic rings. The van der Waals surface area contributed by atoms with Crippen molar-refractivity contribution in [2.75, 3.05) is 6.61 Å². The maximum atomic E-state index is 12.3. The minimum absolute atomic E-state index is 0.0765. The van der Waals surface area contributed by atoms with Gasteiger partial charge >= 0.3 is 5.97 Å². The Morgan fingerprint density at radius 3 is 3.05 bits per heavy atom. The fourth-order valence-electron chi connectivity index (χ4n) is 2.52. The van der Waals surface area contributed by atoms with Crippen LogP contribution < -0.4 is 5.56 Å². The molecule has 2 aromatic rings. The lowest BCUT2D eigenvalue weighted by atomic mass is 10.1. The minimum Gasteiger partial charge on any atom is -0.465 e. The first-order valence-corrected chi connectivity index (χ1v) is 6.38. The molecule has 0 N–H and O–H groups in total. The lowest BCUT2D eigenvalue weighted by Crippen LogP contribution is -2.23. The normalized spacial score (nSPS) is 17.4. The first-order chi connectivity index (χ1) is 9.22. The van der Waals surface area contributed by atoms with E-state index in [2.05, 4.69) is 4.98 Å². The van der Waals surface area contributed by atoms with Gasteiger partial charge in [-0.1, -0.05) is 12.1 Å². The summed E-state index contributed by atoms with van der Waals surface area (Å²) in [7, 11) is 0. The van der Waals surface area contributed by atoms with Gasteiger partial charge < -0.3 is 4.74 Å². The smallest absolute Gasteiger partial charge is 0.316 e. The van der Waals surface area contributed by atoms with Crippen LogP contribution in [0.25, 0.3) is 10.9 Å². The zero-order valence-corrected chi connectivity index (χ0v) is 10.6. The molecule has 2 heterocycles. The van der Waals surface area contributed by atoms with E-state index in [0.717, 1.165) is 0 Å². The molecular weight excluding hydrogens is 244 g/mol. The number of hydrogen-bond donors (Lipinski definition) is 0. The van der Waals surface area contributed by atoms with E-state index in [1.54, 1.807) is 23.6 Å². The molecule has 19 heavy (non-hydrogen) atoms. The average molecular weight is 258 g/mol. The molecule has 1 atom stereocenters. The Hall–Kier alpha value is -2.17. The van der Waals surface area contributed by atoms with Crippen molar-refractivity contribution in [1.29, 1.82) is 0 Å². The van der Waals surface area contributed by atoms with Gasteiger partial charge in [-0.25, -0.2) is 4.98 Å². The number of carbonyl (C=O) groups excluding carboxylic acids is 1. The van der Waals surface area contributed by atoms with Crippen molar-refractivity contribution < 1.29 is 9.53 Å². The molecule has 0 saturated heterocycles. The summed E-state index contributed by atoms with van der Waals surface area (Å²) in [6, 6.07) is 7.20. The molecule has 1 unspecified atom stereocenters. The van der Waals surface area contributed by atoms with Crippen LogP contribution in [0.2, 0.25) is 0 Å². The van der Waals surface area contributed by atoms with Gasteiger partial charge in [0, 0.05) is 6.54 Å². The van der Waals surface area contributed by atoms with Gasteiger partial charge in [0.2, 0.25) is 0 Å². The summed E-state index contributed by atoms with van der Waals surface area (Å²) in [5.74, 6) is -0.185. The summed E-state index contributed by atoms with van der Waals surface area (Å²) < 4.78 is 6.63. The second-order valence-electron chi connectivity index (χ2n) is 4.54. The maximum Gasteiger partial charge on any atom is 0.316 e. The number of benzene rings is 1. The lowest BCUT2D eigenvalue weighted by molar-refractivity contribution is -0.145. The number of carbonyl (C=O) groups is 1. The van der Waals surface area contributed by atoms with Crippen molar-refractivity contribution in [1.82, 2.24) is 9.55 Å². The molecule has 0 aliphatic carbocycles. The zero-order chi connectivity index (χ0) is 13.4. The van der Waals surface area contributed by atoms with Crippen molar-refractivity contribution in [2.24, 2.45) is 0 Å². The van der Waals surface area contributed by atoms with Gasteiger partial charge in [0.25, 0.3) is 5.56 Å². The Bertz CT molecular complexity index is 705. The number of ether oxygens (including phenoxy) is 1. The number of rotatable bonds is 2. The molecule has 0 saturated carbocycles. The molecule has 5 nitrogen and oxygen atoms in total.